The summed E-state index contributed by atoms with van der Waals surface area (Å²) in [5.41, 5.74) is -1.10. The molecule has 1 aromatic heterocycles. The molecule has 0 unspecified atom stereocenters. The van der Waals surface area contributed by atoms with Gasteiger partial charge in [-0.05, 0) is 22.9 Å². The van der Waals surface area contributed by atoms with Crippen LogP contribution in [0.5, 0.6) is 0 Å². The summed E-state index contributed by atoms with van der Waals surface area (Å²) in [7, 11) is 0. The molecule has 6 heteroatoms. The van der Waals surface area contributed by atoms with Gasteiger partial charge in [0, 0.05) is 0 Å². The van der Waals surface area contributed by atoms with E-state index in [0.717, 1.165) is 0 Å². The minimum Gasteiger partial charge on any atom is -0.310 e. The Morgan fingerprint density at radius 3 is 2.67 bits per heavy atom. The fourth-order valence-electron chi connectivity index (χ4n) is 0.738. The van der Waals surface area contributed by atoms with Crippen LogP contribution in [0.25, 0.3) is 0 Å². The number of alkyl halides is 2. The highest BCUT2D eigenvalue weighted by Gasteiger charge is 2.16. The third-order valence-corrected chi connectivity index (χ3v) is 1.98. The maximum Gasteiger partial charge on any atom is 0.281 e. The number of aromatic nitrogens is 2. The molecule has 0 amide bonds. The summed E-state index contributed by atoms with van der Waals surface area (Å²) in [6.07, 6.45) is -2.74. The Kier molecular flexibility index (Phi) is 2.56. The van der Waals surface area contributed by atoms with Gasteiger partial charge in [0.2, 0.25) is 0 Å². The van der Waals surface area contributed by atoms with Gasteiger partial charge < -0.3 is 4.98 Å². The summed E-state index contributed by atoms with van der Waals surface area (Å²) >= 11 is 2.73. The zero-order valence-electron chi connectivity index (χ0n) is 6.07. The number of nitrogens with one attached hydrogen (secondary N) is 1. The lowest BCUT2D eigenvalue weighted by Crippen LogP contribution is -2.13. The summed E-state index contributed by atoms with van der Waals surface area (Å²) in [5.74, 6) is 0.179. The van der Waals surface area contributed by atoms with Crippen molar-refractivity contribution < 1.29 is 8.78 Å². The van der Waals surface area contributed by atoms with Gasteiger partial charge in [0.25, 0.3) is 12.0 Å². The molecule has 1 N–H and O–H groups in total. The molecule has 0 spiro atoms. The van der Waals surface area contributed by atoms with E-state index in [4.69, 9.17) is 0 Å². The first-order valence-corrected chi connectivity index (χ1v) is 3.86. The van der Waals surface area contributed by atoms with Gasteiger partial charge in [0.15, 0.2) is 0 Å². The number of nitrogens with zero attached hydrogens (tertiary/aromatic N) is 1. The van der Waals surface area contributed by atoms with Gasteiger partial charge >= 0.3 is 0 Å². The first-order chi connectivity index (χ1) is 5.52. The van der Waals surface area contributed by atoms with Crippen LogP contribution in [0.2, 0.25) is 0 Å². The molecule has 1 aromatic rings. The number of halogens is 3. The second-order valence-corrected chi connectivity index (χ2v) is 2.94. The van der Waals surface area contributed by atoms with E-state index in [-0.39, 0.29) is 10.3 Å². The molecule has 0 aliphatic rings. The van der Waals surface area contributed by atoms with Crippen LogP contribution in [0, 0.1) is 6.92 Å². The monoisotopic (exact) mass is 238 g/mol. The smallest absolute Gasteiger partial charge is 0.281 e. The molecule has 0 aliphatic carbocycles. The Bertz CT molecular complexity index is 350. The minimum atomic E-state index is -2.74. The SMILES string of the molecule is Cc1nc(C(F)F)c(Br)c(=O)[nH]1. The largest absolute Gasteiger partial charge is 0.310 e. The fraction of sp³-hybridized carbons (Fsp3) is 0.333. The van der Waals surface area contributed by atoms with Gasteiger partial charge in [-0.15, -0.1) is 0 Å². The summed E-state index contributed by atoms with van der Waals surface area (Å²) in [5, 5.41) is 0. The van der Waals surface area contributed by atoms with E-state index in [1.54, 1.807) is 0 Å². The van der Waals surface area contributed by atoms with Crippen LogP contribution in [0.3, 0.4) is 0 Å². The van der Waals surface area contributed by atoms with E-state index in [0.29, 0.717) is 0 Å². The van der Waals surface area contributed by atoms with E-state index in [2.05, 4.69) is 25.9 Å². The van der Waals surface area contributed by atoms with Crippen molar-refractivity contribution >= 4 is 15.9 Å². The molecular weight excluding hydrogens is 234 g/mol. The molecule has 0 aliphatic heterocycles. The molecule has 0 bridgehead atoms. The number of H-pyrrole nitrogens is 1. The highest BCUT2D eigenvalue weighted by Crippen LogP contribution is 2.21. The van der Waals surface area contributed by atoms with Gasteiger partial charge in [-0.25, -0.2) is 13.8 Å². The van der Waals surface area contributed by atoms with Crippen LogP contribution in [-0.2, 0) is 0 Å². The molecule has 0 saturated heterocycles. The van der Waals surface area contributed by atoms with Gasteiger partial charge in [-0.1, -0.05) is 0 Å². The van der Waals surface area contributed by atoms with E-state index in [1.165, 1.54) is 6.92 Å². The third-order valence-electron chi connectivity index (χ3n) is 1.21. The van der Waals surface area contributed by atoms with Crippen LogP contribution >= 0.6 is 15.9 Å². The van der Waals surface area contributed by atoms with E-state index in [9.17, 15) is 13.6 Å². The van der Waals surface area contributed by atoms with Crippen LogP contribution in [0.15, 0.2) is 9.27 Å². The van der Waals surface area contributed by atoms with Crippen LogP contribution in [-0.4, -0.2) is 9.97 Å². The zero-order valence-corrected chi connectivity index (χ0v) is 7.65. The summed E-state index contributed by atoms with van der Waals surface area (Å²) in [4.78, 5) is 16.7. The molecule has 3 nitrogen and oxygen atoms in total. The molecule has 1 rings (SSSR count). The predicted molar refractivity (Wildman–Crippen MR) is 42.3 cm³/mol. The molecule has 0 aromatic carbocycles. The molecule has 0 radical (unpaired) electrons. The van der Waals surface area contributed by atoms with Crippen molar-refractivity contribution in [2.45, 2.75) is 13.3 Å². The van der Waals surface area contributed by atoms with Crippen molar-refractivity contribution in [2.24, 2.45) is 0 Å². The first-order valence-electron chi connectivity index (χ1n) is 3.07. The lowest BCUT2D eigenvalue weighted by molar-refractivity contribution is 0.144. The van der Waals surface area contributed by atoms with Crippen LogP contribution < -0.4 is 5.56 Å². The Morgan fingerprint density at radius 1 is 1.58 bits per heavy atom. The summed E-state index contributed by atoms with van der Waals surface area (Å²) < 4.78 is 24.1. The van der Waals surface area contributed by atoms with Crippen LogP contribution in [0.4, 0.5) is 8.78 Å². The predicted octanol–water partition coefficient (Wildman–Crippen LogP) is 1.78. The van der Waals surface area contributed by atoms with E-state index >= 15 is 0 Å². The van der Waals surface area contributed by atoms with Crippen molar-refractivity contribution in [2.75, 3.05) is 0 Å². The second-order valence-electron chi connectivity index (χ2n) is 2.15. The number of hydrogen-bond acceptors (Lipinski definition) is 2. The van der Waals surface area contributed by atoms with Crippen molar-refractivity contribution in [1.29, 1.82) is 0 Å². The molecule has 1 heterocycles. The topological polar surface area (TPSA) is 45.8 Å². The molecule has 12 heavy (non-hydrogen) atoms. The van der Waals surface area contributed by atoms with Gasteiger partial charge in [-0.3, -0.25) is 4.79 Å². The van der Waals surface area contributed by atoms with Crippen molar-refractivity contribution in [3.63, 3.8) is 0 Å². The summed E-state index contributed by atoms with van der Waals surface area (Å²) in [6.45, 7) is 1.44. The first kappa shape index (κ1) is 9.31. The Balaban J connectivity index is 3.38. The molecule has 0 fully saturated rings. The quantitative estimate of drug-likeness (QED) is 0.811. The third kappa shape index (κ3) is 1.69. The molecule has 66 valence electrons. The van der Waals surface area contributed by atoms with Gasteiger partial charge in [0.05, 0.1) is 0 Å². The Morgan fingerprint density at radius 2 is 2.17 bits per heavy atom. The van der Waals surface area contributed by atoms with Crippen molar-refractivity contribution in [3.05, 3.63) is 26.3 Å². The highest BCUT2D eigenvalue weighted by molar-refractivity contribution is 9.10. The van der Waals surface area contributed by atoms with Gasteiger partial charge in [0.1, 0.15) is 16.0 Å². The summed E-state index contributed by atoms with van der Waals surface area (Å²) in [6, 6.07) is 0. The maximum absolute atomic E-state index is 12.1. The minimum absolute atomic E-state index is 0.179. The highest BCUT2D eigenvalue weighted by atomic mass is 79.9. The van der Waals surface area contributed by atoms with Gasteiger partial charge in [-0.2, -0.15) is 0 Å². The van der Waals surface area contributed by atoms with E-state index in [1.807, 2.05) is 0 Å². The fourth-order valence-corrected chi connectivity index (χ4v) is 1.10. The lowest BCUT2D eigenvalue weighted by atomic mass is 10.4. The number of hydrogen-bond donors (Lipinski definition) is 1. The normalized spacial score (nSPS) is 10.8. The number of rotatable bonds is 1. The Labute approximate surface area is 75.0 Å². The van der Waals surface area contributed by atoms with E-state index < -0.39 is 17.7 Å². The molecular formula is C6H5BrF2N2O. The number of aromatic amines is 1. The lowest BCUT2D eigenvalue weighted by Gasteiger charge is -2.01. The van der Waals surface area contributed by atoms with Crippen molar-refractivity contribution in [1.82, 2.24) is 9.97 Å². The molecule has 0 atom stereocenters. The Hall–Kier alpha value is -0.780. The molecule has 0 saturated carbocycles. The standard InChI is InChI=1S/C6H5BrF2N2O/c1-2-10-4(5(8)9)3(7)6(12)11-2/h5H,1H3,(H,10,11,12). The second kappa shape index (κ2) is 3.30. The number of aryl methyl sites for hydroxylation is 1. The van der Waals surface area contributed by atoms with Crippen LogP contribution in [0.1, 0.15) is 17.9 Å². The zero-order chi connectivity index (χ0) is 9.30. The maximum atomic E-state index is 12.1. The average Bonchev–Trinajstić information content (AvgIpc) is 1.96. The average molecular weight is 239 g/mol. The van der Waals surface area contributed by atoms with Crippen molar-refractivity contribution in [3.8, 4) is 0 Å².